The molecular formula is C15H18N4O4. The lowest BCUT2D eigenvalue weighted by Gasteiger charge is -2.30. The summed E-state index contributed by atoms with van der Waals surface area (Å²) in [5.41, 5.74) is 0.644. The van der Waals surface area contributed by atoms with Crippen LogP contribution in [-0.2, 0) is 0 Å². The summed E-state index contributed by atoms with van der Waals surface area (Å²) < 4.78 is 10.7. The zero-order valence-corrected chi connectivity index (χ0v) is 12.9. The number of oxazole rings is 1. The van der Waals surface area contributed by atoms with Gasteiger partial charge in [-0.2, -0.15) is 0 Å². The maximum atomic E-state index is 12.7. The second-order valence-electron chi connectivity index (χ2n) is 6.28. The molecule has 1 N–H and O–H groups in total. The standard InChI is InChI=1S/C15H18N4O4/c1-8-11(22-12(16-8)9-4-5-9)14(20)19-6-2-3-10(7-19)13-17-18-15(21)23-13/h9-10H,2-7H2,1H3,(H,18,21). The summed E-state index contributed by atoms with van der Waals surface area (Å²) >= 11 is 0. The third-order valence-electron chi connectivity index (χ3n) is 4.45. The molecule has 0 bridgehead atoms. The summed E-state index contributed by atoms with van der Waals surface area (Å²) in [5.74, 6) is 0.961. The SMILES string of the molecule is Cc1nc(C2CC2)oc1C(=O)N1CCCC(c2n[nH]c(=O)o2)C1. The molecule has 2 aromatic rings. The molecule has 0 aromatic carbocycles. The summed E-state index contributed by atoms with van der Waals surface area (Å²) in [7, 11) is 0. The number of carbonyl (C=O) groups excluding carboxylic acids is 1. The third-order valence-corrected chi connectivity index (χ3v) is 4.45. The van der Waals surface area contributed by atoms with Crippen molar-refractivity contribution in [2.24, 2.45) is 0 Å². The minimum absolute atomic E-state index is 0.0715. The number of nitrogens with zero attached hydrogens (tertiary/aromatic N) is 3. The molecule has 0 radical (unpaired) electrons. The van der Waals surface area contributed by atoms with Crippen LogP contribution in [0, 0.1) is 6.92 Å². The average Bonchev–Trinajstić information content (AvgIpc) is 3.20. The molecule has 1 saturated heterocycles. The molecule has 23 heavy (non-hydrogen) atoms. The molecule has 1 amide bonds. The van der Waals surface area contributed by atoms with E-state index in [2.05, 4.69) is 15.2 Å². The van der Waals surface area contributed by atoms with Gasteiger partial charge in [0.15, 0.2) is 5.89 Å². The van der Waals surface area contributed by atoms with Crippen molar-refractivity contribution in [2.75, 3.05) is 13.1 Å². The highest BCUT2D eigenvalue weighted by molar-refractivity contribution is 5.92. The van der Waals surface area contributed by atoms with Crippen molar-refractivity contribution in [3.05, 3.63) is 33.8 Å². The van der Waals surface area contributed by atoms with Crippen LogP contribution in [-0.4, -0.2) is 39.1 Å². The molecule has 1 aliphatic heterocycles. The molecule has 8 heteroatoms. The molecule has 2 aliphatic rings. The number of likely N-dealkylation sites (tertiary alicyclic amines) is 1. The van der Waals surface area contributed by atoms with Gasteiger partial charge in [0, 0.05) is 19.0 Å². The van der Waals surface area contributed by atoms with E-state index in [1.165, 1.54) is 0 Å². The van der Waals surface area contributed by atoms with Crippen LogP contribution in [0.1, 0.15) is 65.5 Å². The second kappa shape index (κ2) is 5.36. The molecule has 1 saturated carbocycles. The van der Waals surface area contributed by atoms with E-state index in [4.69, 9.17) is 8.83 Å². The Balaban J connectivity index is 1.52. The zero-order chi connectivity index (χ0) is 16.0. The summed E-state index contributed by atoms with van der Waals surface area (Å²) in [6.45, 7) is 2.92. The van der Waals surface area contributed by atoms with E-state index in [1.807, 2.05) is 0 Å². The van der Waals surface area contributed by atoms with Crippen molar-refractivity contribution in [3.63, 3.8) is 0 Å². The van der Waals surface area contributed by atoms with E-state index < -0.39 is 5.76 Å². The van der Waals surface area contributed by atoms with Crippen molar-refractivity contribution < 1.29 is 13.6 Å². The molecular weight excluding hydrogens is 300 g/mol. The topological polar surface area (TPSA) is 105 Å². The fraction of sp³-hybridized carbons (Fsp3) is 0.600. The summed E-state index contributed by atoms with van der Waals surface area (Å²) in [6.07, 6.45) is 3.82. The highest BCUT2D eigenvalue weighted by atomic mass is 16.4. The summed E-state index contributed by atoms with van der Waals surface area (Å²) in [5, 5.41) is 6.15. The van der Waals surface area contributed by atoms with Crippen LogP contribution in [0.2, 0.25) is 0 Å². The van der Waals surface area contributed by atoms with Gasteiger partial charge < -0.3 is 13.7 Å². The van der Waals surface area contributed by atoms with Crippen molar-refractivity contribution in [1.82, 2.24) is 20.1 Å². The first-order valence-electron chi connectivity index (χ1n) is 7.94. The van der Waals surface area contributed by atoms with E-state index >= 15 is 0 Å². The number of hydrogen-bond donors (Lipinski definition) is 1. The number of aromatic nitrogens is 3. The highest BCUT2D eigenvalue weighted by Gasteiger charge is 2.34. The smallest absolute Gasteiger partial charge is 0.434 e. The van der Waals surface area contributed by atoms with Gasteiger partial charge in [0.25, 0.3) is 5.91 Å². The van der Waals surface area contributed by atoms with Gasteiger partial charge in [-0.25, -0.2) is 14.9 Å². The lowest BCUT2D eigenvalue weighted by Crippen LogP contribution is -2.39. The fourth-order valence-corrected chi connectivity index (χ4v) is 3.04. The van der Waals surface area contributed by atoms with Crippen LogP contribution in [0.3, 0.4) is 0 Å². The lowest BCUT2D eigenvalue weighted by molar-refractivity contribution is 0.0662. The van der Waals surface area contributed by atoms with Crippen LogP contribution in [0.15, 0.2) is 13.6 Å². The third kappa shape index (κ3) is 2.69. The summed E-state index contributed by atoms with van der Waals surface area (Å²) in [6, 6.07) is 0. The predicted octanol–water partition coefficient (Wildman–Crippen LogP) is 1.56. The monoisotopic (exact) mass is 318 g/mol. The number of amides is 1. The van der Waals surface area contributed by atoms with Crippen LogP contribution in [0.5, 0.6) is 0 Å². The van der Waals surface area contributed by atoms with Gasteiger partial charge in [0.2, 0.25) is 11.7 Å². The molecule has 3 heterocycles. The Labute approximate surface area is 131 Å². The van der Waals surface area contributed by atoms with E-state index in [-0.39, 0.29) is 11.8 Å². The molecule has 2 aromatic heterocycles. The quantitative estimate of drug-likeness (QED) is 0.920. The maximum Gasteiger partial charge on any atom is 0.434 e. The normalized spacial score (nSPS) is 21.6. The molecule has 1 atom stereocenters. The highest BCUT2D eigenvalue weighted by Crippen LogP contribution is 2.40. The van der Waals surface area contributed by atoms with E-state index in [1.54, 1.807) is 11.8 Å². The Kier molecular flexibility index (Phi) is 3.32. The molecule has 8 nitrogen and oxygen atoms in total. The molecule has 1 unspecified atom stereocenters. The molecule has 1 aliphatic carbocycles. The Hall–Kier alpha value is -2.38. The van der Waals surface area contributed by atoms with E-state index in [0.717, 1.165) is 25.7 Å². The maximum absolute atomic E-state index is 12.7. The van der Waals surface area contributed by atoms with Crippen molar-refractivity contribution >= 4 is 5.91 Å². The molecule has 2 fully saturated rings. The van der Waals surface area contributed by atoms with Crippen molar-refractivity contribution in [3.8, 4) is 0 Å². The van der Waals surface area contributed by atoms with Gasteiger partial charge in [-0.15, -0.1) is 5.10 Å². The Morgan fingerprint density at radius 1 is 1.22 bits per heavy atom. The zero-order valence-electron chi connectivity index (χ0n) is 12.9. The Morgan fingerprint density at radius 3 is 2.74 bits per heavy atom. The Bertz CT molecular complexity index is 785. The predicted molar refractivity (Wildman–Crippen MR) is 78.2 cm³/mol. The number of aromatic amines is 1. The van der Waals surface area contributed by atoms with Crippen LogP contribution >= 0.6 is 0 Å². The van der Waals surface area contributed by atoms with Crippen LogP contribution in [0.25, 0.3) is 0 Å². The number of piperidine rings is 1. The number of hydrogen-bond acceptors (Lipinski definition) is 6. The van der Waals surface area contributed by atoms with Crippen LogP contribution < -0.4 is 5.76 Å². The van der Waals surface area contributed by atoms with Gasteiger partial charge in [-0.1, -0.05) is 0 Å². The van der Waals surface area contributed by atoms with Gasteiger partial charge in [-0.3, -0.25) is 4.79 Å². The van der Waals surface area contributed by atoms with E-state index in [0.29, 0.717) is 42.2 Å². The van der Waals surface area contributed by atoms with Gasteiger partial charge in [0.05, 0.1) is 11.6 Å². The molecule has 0 spiro atoms. The number of aryl methyl sites for hydroxylation is 1. The first-order chi connectivity index (χ1) is 11.1. The van der Waals surface area contributed by atoms with Crippen molar-refractivity contribution in [2.45, 2.75) is 44.4 Å². The fourth-order valence-electron chi connectivity index (χ4n) is 3.04. The average molecular weight is 318 g/mol. The molecule has 122 valence electrons. The van der Waals surface area contributed by atoms with Gasteiger partial charge in [0.1, 0.15) is 0 Å². The number of carbonyl (C=O) groups is 1. The minimum atomic E-state index is -0.566. The van der Waals surface area contributed by atoms with Gasteiger partial charge in [-0.05, 0) is 32.6 Å². The Morgan fingerprint density at radius 2 is 2.04 bits per heavy atom. The first kappa shape index (κ1) is 14.2. The second-order valence-corrected chi connectivity index (χ2v) is 6.28. The molecule has 4 rings (SSSR count). The largest absolute Gasteiger partial charge is 0.435 e. The van der Waals surface area contributed by atoms with E-state index in [9.17, 15) is 9.59 Å². The van der Waals surface area contributed by atoms with Gasteiger partial charge >= 0.3 is 5.76 Å². The number of H-pyrrole nitrogens is 1. The minimum Gasteiger partial charge on any atom is -0.435 e. The number of rotatable bonds is 3. The van der Waals surface area contributed by atoms with Crippen molar-refractivity contribution in [1.29, 1.82) is 0 Å². The lowest BCUT2D eigenvalue weighted by atomic mass is 9.98. The number of nitrogens with one attached hydrogen (secondary N) is 1. The summed E-state index contributed by atoms with van der Waals surface area (Å²) in [4.78, 5) is 29.9. The van der Waals surface area contributed by atoms with Crippen LogP contribution in [0.4, 0.5) is 0 Å². The first-order valence-corrected chi connectivity index (χ1v) is 7.94.